The van der Waals surface area contributed by atoms with Gasteiger partial charge < -0.3 is 0 Å². The van der Waals surface area contributed by atoms with Gasteiger partial charge in [0.1, 0.15) is 0 Å². The average molecular weight is 576 g/mol. The summed E-state index contributed by atoms with van der Waals surface area (Å²) < 4.78 is 3.04. The topological polar surface area (TPSA) is 50.1 Å². The molecule has 0 unspecified atom stereocenters. The summed E-state index contributed by atoms with van der Waals surface area (Å²) in [6.07, 6.45) is 19.6. The molecule has 2 aliphatic rings. The van der Waals surface area contributed by atoms with Crippen LogP contribution in [0.3, 0.4) is 0 Å². The van der Waals surface area contributed by atoms with Crippen LogP contribution in [0.15, 0.2) is 101 Å². The normalized spacial score (nSPS) is 16.5. The quantitative estimate of drug-likeness (QED) is 0.329. The fourth-order valence-electron chi connectivity index (χ4n) is 4.29. The van der Waals surface area contributed by atoms with Crippen LogP contribution in [0.2, 0.25) is 0 Å². The first-order valence-electron chi connectivity index (χ1n) is 13.1. The smallest absolute Gasteiger partial charge is 0.170 e. The molecule has 38 heavy (non-hydrogen) atoms. The third-order valence-corrected chi connectivity index (χ3v) is 6.80. The molecule has 2 aromatic rings. The van der Waals surface area contributed by atoms with Gasteiger partial charge in [-0.1, -0.05) is 107 Å². The summed E-state index contributed by atoms with van der Waals surface area (Å²) in [5.74, 6) is 0.875. The van der Waals surface area contributed by atoms with Crippen molar-refractivity contribution in [2.45, 2.75) is 33.7 Å². The van der Waals surface area contributed by atoms with Crippen molar-refractivity contribution < 1.29 is 0 Å². The summed E-state index contributed by atoms with van der Waals surface area (Å²) in [5, 5.41) is 12.5. The SMILES string of the molecule is BrC1=CCC=CC=C1.C=C/C=C(/C)C(=C(C)C)n1nnnc1CN1CCN(C/C=C/c2ccccc2)CC1. The van der Waals surface area contributed by atoms with Gasteiger partial charge in [-0.3, -0.25) is 9.80 Å². The Morgan fingerprint density at radius 3 is 2.47 bits per heavy atom. The van der Waals surface area contributed by atoms with Gasteiger partial charge in [0.25, 0.3) is 0 Å². The summed E-state index contributed by atoms with van der Waals surface area (Å²) in [6.45, 7) is 15.9. The minimum absolute atomic E-state index is 0.749. The van der Waals surface area contributed by atoms with Crippen LogP contribution in [0.5, 0.6) is 0 Å². The first kappa shape index (κ1) is 29.4. The molecule has 4 rings (SSSR count). The Morgan fingerprint density at radius 2 is 1.76 bits per heavy atom. The number of hydrogen-bond donors (Lipinski definition) is 0. The van der Waals surface area contributed by atoms with Crippen LogP contribution in [0.4, 0.5) is 0 Å². The van der Waals surface area contributed by atoms with Crippen molar-refractivity contribution in [1.29, 1.82) is 0 Å². The number of halogens is 1. The first-order chi connectivity index (χ1) is 18.5. The molecule has 0 bridgehead atoms. The summed E-state index contributed by atoms with van der Waals surface area (Å²) in [7, 11) is 0. The van der Waals surface area contributed by atoms with Gasteiger partial charge in [-0.2, -0.15) is 4.68 Å². The molecular weight excluding hydrogens is 536 g/mol. The molecule has 2 heterocycles. The Balaban J connectivity index is 0.000000427. The van der Waals surface area contributed by atoms with Crippen LogP contribution >= 0.6 is 15.9 Å². The van der Waals surface area contributed by atoms with Crippen LogP contribution in [-0.2, 0) is 6.54 Å². The molecule has 200 valence electrons. The lowest BCUT2D eigenvalue weighted by atomic mass is 10.1. The number of allylic oxidation sites excluding steroid dienone is 11. The summed E-state index contributed by atoms with van der Waals surface area (Å²) >= 11 is 3.37. The van der Waals surface area contributed by atoms with Crippen molar-refractivity contribution in [1.82, 2.24) is 30.0 Å². The number of nitrogens with zero attached hydrogens (tertiary/aromatic N) is 6. The van der Waals surface area contributed by atoms with Crippen molar-refractivity contribution in [2.75, 3.05) is 32.7 Å². The highest BCUT2D eigenvalue weighted by molar-refractivity contribution is 9.11. The number of piperazine rings is 1. The van der Waals surface area contributed by atoms with Crippen molar-refractivity contribution >= 4 is 27.7 Å². The van der Waals surface area contributed by atoms with E-state index >= 15 is 0 Å². The molecule has 1 aliphatic heterocycles. The zero-order valence-electron chi connectivity index (χ0n) is 22.8. The van der Waals surface area contributed by atoms with Crippen molar-refractivity contribution in [3.05, 3.63) is 113 Å². The number of hydrogen-bond acceptors (Lipinski definition) is 5. The number of tetrazole rings is 1. The molecule has 0 radical (unpaired) electrons. The second kappa shape index (κ2) is 16.0. The van der Waals surface area contributed by atoms with Gasteiger partial charge in [0.2, 0.25) is 0 Å². The third-order valence-electron chi connectivity index (χ3n) is 6.22. The van der Waals surface area contributed by atoms with Gasteiger partial charge in [0.15, 0.2) is 5.82 Å². The van der Waals surface area contributed by atoms with E-state index in [1.54, 1.807) is 6.08 Å². The molecule has 0 N–H and O–H groups in total. The summed E-state index contributed by atoms with van der Waals surface area (Å²) in [6, 6.07) is 10.4. The fraction of sp³-hybridized carbons (Fsp3) is 0.323. The van der Waals surface area contributed by atoms with Gasteiger partial charge in [-0.15, -0.1) is 5.10 Å². The standard InChI is InChI=1S/C24H32N6.C7H7Br/c1-5-10-21(4)24(20(2)3)30-23(25-26-27-30)19-29-17-15-28(16-18-29)14-9-13-22-11-7-6-8-12-22;8-7-5-3-1-2-4-6-7/h5-13H,1,14-19H2,2-4H3;1-3,5-6H,4H2/b13-9+,21-10-;. The van der Waals surface area contributed by atoms with E-state index in [4.69, 9.17) is 0 Å². The van der Waals surface area contributed by atoms with Gasteiger partial charge >= 0.3 is 0 Å². The van der Waals surface area contributed by atoms with Crippen LogP contribution in [0.1, 0.15) is 38.6 Å². The van der Waals surface area contributed by atoms with Crippen LogP contribution in [0, 0.1) is 0 Å². The van der Waals surface area contributed by atoms with Crippen LogP contribution in [0.25, 0.3) is 11.8 Å². The second-order valence-electron chi connectivity index (χ2n) is 9.44. The lowest BCUT2D eigenvalue weighted by Crippen LogP contribution is -2.46. The highest BCUT2D eigenvalue weighted by Crippen LogP contribution is 2.21. The lowest BCUT2D eigenvalue weighted by molar-refractivity contribution is 0.134. The molecular formula is C31H39BrN6. The average Bonchev–Trinajstić information content (AvgIpc) is 3.21. The zero-order chi connectivity index (χ0) is 27.2. The molecule has 1 saturated heterocycles. The zero-order valence-corrected chi connectivity index (χ0v) is 24.4. The minimum atomic E-state index is 0.749. The number of benzene rings is 1. The Labute approximate surface area is 236 Å². The van der Waals surface area contributed by atoms with E-state index in [1.165, 1.54) is 15.6 Å². The molecule has 7 heteroatoms. The maximum atomic E-state index is 4.31. The molecule has 1 aromatic heterocycles. The molecule has 1 aromatic carbocycles. The Kier molecular flexibility index (Phi) is 12.4. The first-order valence-corrected chi connectivity index (χ1v) is 13.9. The van der Waals surface area contributed by atoms with Gasteiger partial charge in [0, 0.05) is 37.2 Å². The lowest BCUT2D eigenvalue weighted by Gasteiger charge is -2.33. The Hall–Kier alpha value is -3.13. The predicted molar refractivity (Wildman–Crippen MR) is 163 cm³/mol. The van der Waals surface area contributed by atoms with E-state index < -0.39 is 0 Å². The van der Waals surface area contributed by atoms with E-state index in [1.807, 2.05) is 35.1 Å². The Bertz CT molecular complexity index is 1200. The van der Waals surface area contributed by atoms with E-state index in [9.17, 15) is 0 Å². The maximum Gasteiger partial charge on any atom is 0.170 e. The van der Waals surface area contributed by atoms with Crippen LogP contribution < -0.4 is 0 Å². The summed E-state index contributed by atoms with van der Waals surface area (Å²) in [4.78, 5) is 4.91. The van der Waals surface area contributed by atoms with Crippen molar-refractivity contribution in [3.63, 3.8) is 0 Å². The highest BCUT2D eigenvalue weighted by Gasteiger charge is 2.20. The van der Waals surface area contributed by atoms with Gasteiger partial charge in [0.05, 0.1) is 12.2 Å². The van der Waals surface area contributed by atoms with Crippen molar-refractivity contribution in [3.8, 4) is 0 Å². The summed E-state index contributed by atoms with van der Waals surface area (Å²) in [5.41, 5.74) is 4.57. The molecule has 0 atom stereocenters. The van der Waals surface area contributed by atoms with E-state index in [0.29, 0.717) is 0 Å². The van der Waals surface area contributed by atoms with Gasteiger partial charge in [-0.25, -0.2) is 0 Å². The van der Waals surface area contributed by atoms with Crippen molar-refractivity contribution in [2.24, 2.45) is 0 Å². The fourth-order valence-corrected chi connectivity index (χ4v) is 4.63. The van der Waals surface area contributed by atoms with E-state index in [-0.39, 0.29) is 0 Å². The molecule has 6 nitrogen and oxygen atoms in total. The van der Waals surface area contributed by atoms with E-state index in [0.717, 1.165) is 62.8 Å². The molecule has 1 aliphatic carbocycles. The monoisotopic (exact) mass is 574 g/mol. The molecule has 0 spiro atoms. The Morgan fingerprint density at radius 1 is 1.03 bits per heavy atom. The maximum absolute atomic E-state index is 4.31. The second-order valence-corrected chi connectivity index (χ2v) is 10.4. The highest BCUT2D eigenvalue weighted by atomic mass is 79.9. The largest absolute Gasteiger partial charge is 0.297 e. The van der Waals surface area contributed by atoms with Gasteiger partial charge in [-0.05, 0) is 54.8 Å². The predicted octanol–water partition coefficient (Wildman–Crippen LogP) is 6.67. The molecule has 0 saturated carbocycles. The number of aromatic nitrogens is 4. The molecule has 0 amide bonds. The minimum Gasteiger partial charge on any atom is -0.297 e. The van der Waals surface area contributed by atoms with Crippen LogP contribution in [-0.4, -0.2) is 62.7 Å². The third kappa shape index (κ3) is 9.63. The number of rotatable bonds is 8. The van der Waals surface area contributed by atoms with E-state index in [2.05, 4.69) is 117 Å². The molecule has 1 fully saturated rings.